The highest BCUT2D eigenvalue weighted by Crippen LogP contribution is 2.47. The van der Waals surface area contributed by atoms with Crippen LogP contribution in [0.1, 0.15) is 96.8 Å². The van der Waals surface area contributed by atoms with E-state index in [0.29, 0.717) is 57.8 Å². The zero-order valence-electron chi connectivity index (χ0n) is 32.0. The molecule has 22 heteroatoms. The number of aliphatic hydroxyl groups is 1. The summed E-state index contributed by atoms with van der Waals surface area (Å²) in [5.41, 5.74) is 12.3. The second kappa shape index (κ2) is 17.5. The third-order valence-electron chi connectivity index (χ3n) is 13.9. The van der Waals surface area contributed by atoms with Gasteiger partial charge in [0.15, 0.2) is 0 Å². The summed E-state index contributed by atoms with van der Waals surface area (Å²) in [7, 11) is -12.1. The van der Waals surface area contributed by atoms with Crippen LogP contribution >= 0.6 is 0 Å². The second-order valence-electron chi connectivity index (χ2n) is 17.6. The first-order valence-corrected chi connectivity index (χ1v) is 24.5. The van der Waals surface area contributed by atoms with Gasteiger partial charge in [0.2, 0.25) is 0 Å². The highest BCUT2D eigenvalue weighted by molar-refractivity contribution is 7.87. The Balaban J connectivity index is 1.07. The topological polar surface area (TPSA) is 319 Å². The van der Waals surface area contributed by atoms with Gasteiger partial charge >= 0.3 is 0 Å². The largest absolute Gasteiger partial charge is 0.390 e. The van der Waals surface area contributed by atoms with Crippen molar-refractivity contribution in [3.05, 3.63) is 0 Å². The molecule has 0 spiro atoms. The molecule has 19 nitrogen and oxygen atoms in total. The molecule has 6 saturated carbocycles. The van der Waals surface area contributed by atoms with E-state index in [2.05, 4.69) is 30.7 Å². The summed E-state index contributed by atoms with van der Waals surface area (Å²) in [6.07, 6.45) is 4.56. The molecule has 0 radical (unpaired) electrons. The second-order valence-corrected chi connectivity index (χ2v) is 22.5. The van der Waals surface area contributed by atoms with E-state index in [1.807, 2.05) is 6.92 Å². The standard InChI is InChI=1S/C34H60N8O11S3/c1-17-9-29(30(53-2)16-28(17)40-38-22-5-3-18-11-23(54(44,45)46)15-31(25(18)14-22)55(47,48)49)41-42-33-32(56(50,51)52)12-19-10-21(6-7-24(19)34(33)43)37-39-27-8-4-20(35)13-26(27)36/h17-34,43H,3-16,35-36H2,1-2H3,(H,44,45,46)(H,47,48,49)(H,50,51,52). The summed E-state index contributed by atoms with van der Waals surface area (Å²) in [5.74, 6) is -1.33. The van der Waals surface area contributed by atoms with E-state index in [-0.39, 0.29) is 79.2 Å². The lowest BCUT2D eigenvalue weighted by atomic mass is 9.66. The van der Waals surface area contributed by atoms with E-state index >= 15 is 0 Å². The van der Waals surface area contributed by atoms with Crippen LogP contribution in [0.2, 0.25) is 0 Å². The Kier molecular flexibility index (Phi) is 13.8. The van der Waals surface area contributed by atoms with Crippen molar-refractivity contribution in [2.45, 2.75) is 173 Å². The molecule has 6 rings (SSSR count). The summed E-state index contributed by atoms with van der Waals surface area (Å²) in [6, 6.07) is -2.58. The lowest BCUT2D eigenvalue weighted by Crippen LogP contribution is -2.54. The van der Waals surface area contributed by atoms with Gasteiger partial charge in [0.05, 0.1) is 52.9 Å². The summed E-state index contributed by atoms with van der Waals surface area (Å²) >= 11 is 0. The molecule has 0 aliphatic heterocycles. The fraction of sp³-hybridized carbons (Fsp3) is 1.00. The van der Waals surface area contributed by atoms with E-state index in [0.717, 1.165) is 12.8 Å². The summed E-state index contributed by atoms with van der Waals surface area (Å²) in [6.45, 7) is 1.98. The van der Waals surface area contributed by atoms with E-state index < -0.39 is 76.3 Å². The predicted molar refractivity (Wildman–Crippen MR) is 204 cm³/mol. The Bertz CT molecular complexity index is 1800. The molecule has 320 valence electrons. The molecular formula is C34H60N8O11S3. The first-order chi connectivity index (χ1) is 26.2. The fourth-order valence-electron chi connectivity index (χ4n) is 10.7. The molecule has 6 fully saturated rings. The number of nitrogens with zero attached hydrogens (tertiary/aromatic N) is 6. The zero-order valence-corrected chi connectivity index (χ0v) is 34.5. The van der Waals surface area contributed by atoms with Crippen LogP contribution in [0.4, 0.5) is 0 Å². The highest BCUT2D eigenvalue weighted by Gasteiger charge is 2.52. The number of aliphatic hydroxyl groups excluding tert-OH is 1. The molecular weight excluding hydrogens is 793 g/mol. The molecule has 0 saturated heterocycles. The minimum atomic E-state index is -4.60. The molecule has 6 aliphatic rings. The van der Waals surface area contributed by atoms with Crippen LogP contribution in [-0.4, -0.2) is 127 Å². The van der Waals surface area contributed by atoms with Crippen LogP contribution in [0.25, 0.3) is 0 Å². The van der Waals surface area contributed by atoms with E-state index in [4.69, 9.17) is 16.2 Å². The number of nitrogens with two attached hydrogens (primary N) is 2. The van der Waals surface area contributed by atoms with Gasteiger partial charge in [-0.2, -0.15) is 55.9 Å². The van der Waals surface area contributed by atoms with Crippen molar-refractivity contribution in [3.63, 3.8) is 0 Å². The van der Waals surface area contributed by atoms with Gasteiger partial charge in [-0.25, -0.2) is 0 Å². The van der Waals surface area contributed by atoms with Crippen molar-refractivity contribution in [2.24, 2.45) is 71.7 Å². The Morgan fingerprint density at radius 1 is 0.571 bits per heavy atom. The van der Waals surface area contributed by atoms with Crippen molar-refractivity contribution in [3.8, 4) is 0 Å². The van der Waals surface area contributed by atoms with Gasteiger partial charge in [0, 0.05) is 25.6 Å². The molecule has 0 heterocycles. The first kappa shape index (κ1) is 43.9. The Morgan fingerprint density at radius 2 is 1.21 bits per heavy atom. The Labute approximate surface area is 330 Å². The summed E-state index contributed by atoms with van der Waals surface area (Å²) in [5, 5.41) is 35.0. The quantitative estimate of drug-likeness (QED) is 0.136. The van der Waals surface area contributed by atoms with Crippen LogP contribution in [0, 0.1) is 29.6 Å². The van der Waals surface area contributed by atoms with Crippen LogP contribution in [-0.2, 0) is 35.1 Å². The lowest BCUT2D eigenvalue weighted by Gasteiger charge is -2.45. The monoisotopic (exact) mass is 852 g/mol. The number of methoxy groups -OCH3 is 1. The molecule has 0 amide bonds. The van der Waals surface area contributed by atoms with Gasteiger partial charge in [-0.05, 0) is 113 Å². The van der Waals surface area contributed by atoms with E-state index in [1.165, 1.54) is 7.11 Å². The van der Waals surface area contributed by atoms with Crippen LogP contribution in [0.3, 0.4) is 0 Å². The van der Waals surface area contributed by atoms with Gasteiger partial charge in [-0.1, -0.05) is 6.92 Å². The minimum absolute atomic E-state index is 0.0522. The number of fused-ring (bicyclic) bond motifs is 2. The van der Waals surface area contributed by atoms with Crippen molar-refractivity contribution in [1.82, 2.24) is 0 Å². The Hall–Kier alpha value is -1.63. The third kappa shape index (κ3) is 10.2. The van der Waals surface area contributed by atoms with Crippen molar-refractivity contribution in [1.29, 1.82) is 0 Å². The molecule has 0 bridgehead atoms. The van der Waals surface area contributed by atoms with Crippen LogP contribution in [0.15, 0.2) is 30.7 Å². The molecule has 8 N–H and O–H groups in total. The van der Waals surface area contributed by atoms with Gasteiger partial charge < -0.3 is 21.3 Å². The maximum atomic E-state index is 12.7. The maximum Gasteiger partial charge on any atom is 0.270 e. The number of rotatable bonds is 10. The molecule has 6 aliphatic carbocycles. The normalized spacial score (nSPS) is 45.9. The van der Waals surface area contributed by atoms with Crippen LogP contribution in [0.5, 0.6) is 0 Å². The van der Waals surface area contributed by atoms with E-state index in [9.17, 15) is 44.0 Å². The van der Waals surface area contributed by atoms with Crippen molar-refractivity contribution < 1.29 is 48.8 Å². The van der Waals surface area contributed by atoms with Crippen molar-refractivity contribution in [2.75, 3.05) is 7.11 Å². The minimum Gasteiger partial charge on any atom is -0.390 e. The summed E-state index contributed by atoms with van der Waals surface area (Å²) < 4.78 is 109. The number of azo groups is 3. The average molecular weight is 853 g/mol. The first-order valence-electron chi connectivity index (χ1n) is 20.0. The molecule has 0 aromatic heterocycles. The highest BCUT2D eigenvalue weighted by atomic mass is 32.2. The zero-order chi connectivity index (χ0) is 40.7. The number of hydrogen-bond donors (Lipinski definition) is 6. The number of hydrogen-bond acceptors (Lipinski definition) is 16. The predicted octanol–water partition coefficient (Wildman–Crippen LogP) is 3.00. The van der Waals surface area contributed by atoms with Crippen LogP contribution < -0.4 is 11.5 Å². The molecule has 0 aromatic carbocycles. The molecule has 18 unspecified atom stereocenters. The lowest BCUT2D eigenvalue weighted by molar-refractivity contribution is -0.0109. The third-order valence-corrected chi connectivity index (χ3v) is 17.7. The van der Waals surface area contributed by atoms with E-state index in [1.54, 1.807) is 0 Å². The average Bonchev–Trinajstić information content (AvgIpc) is 3.11. The van der Waals surface area contributed by atoms with Crippen molar-refractivity contribution >= 4 is 30.4 Å². The Morgan fingerprint density at radius 3 is 1.86 bits per heavy atom. The van der Waals surface area contributed by atoms with Gasteiger partial charge in [0.25, 0.3) is 30.4 Å². The van der Waals surface area contributed by atoms with Gasteiger partial charge in [-0.3, -0.25) is 13.7 Å². The van der Waals surface area contributed by atoms with Gasteiger partial charge in [-0.15, -0.1) is 0 Å². The summed E-state index contributed by atoms with van der Waals surface area (Å²) in [4.78, 5) is 0. The molecule has 0 aromatic rings. The maximum absolute atomic E-state index is 12.7. The SMILES string of the molecule is COC1CC(N=NC2CCC3CC(S(=O)(=O)O)CC(S(=O)(=O)O)C3C2)C(C)CC1N=NC1C(O)C2CCC(N=NC3CCC(N)CC3N)CC2CC1S(=O)(=O)O. The number of ether oxygens (including phenoxy) is 1. The fourth-order valence-corrected chi connectivity index (χ4v) is 14.1. The smallest absolute Gasteiger partial charge is 0.270 e. The molecule has 56 heavy (non-hydrogen) atoms. The molecule has 18 atom stereocenters. The van der Waals surface area contributed by atoms with Gasteiger partial charge in [0.1, 0.15) is 11.3 Å².